The van der Waals surface area contributed by atoms with Crippen LogP contribution in [0.1, 0.15) is 194 Å². The molecule has 0 saturated carbocycles. The molecular formula is C39H76N4O4. The molecule has 47 heavy (non-hydrogen) atoms. The van der Waals surface area contributed by atoms with E-state index in [2.05, 4.69) is 28.8 Å². The fourth-order valence-corrected chi connectivity index (χ4v) is 6.07. The number of aliphatic hydroxyl groups excluding tert-OH is 2. The number of aliphatic hydroxyl groups is 2. The van der Waals surface area contributed by atoms with Crippen molar-refractivity contribution in [3.05, 3.63) is 0 Å². The quantitative estimate of drug-likeness (QED) is 0.0678. The van der Waals surface area contributed by atoms with Crippen molar-refractivity contribution < 1.29 is 19.7 Å². The zero-order valence-electron chi connectivity index (χ0n) is 31.0. The van der Waals surface area contributed by atoms with Crippen molar-refractivity contribution in [2.75, 3.05) is 44.4 Å². The van der Waals surface area contributed by atoms with E-state index in [9.17, 15) is 10.2 Å². The molecule has 0 aromatic carbocycles. The molecule has 8 heteroatoms. The Labute approximate surface area is 290 Å². The van der Waals surface area contributed by atoms with E-state index < -0.39 is 0 Å². The minimum Gasteiger partial charge on any atom is -0.463 e. The highest BCUT2D eigenvalue weighted by molar-refractivity contribution is 5.32. The van der Waals surface area contributed by atoms with Crippen LogP contribution in [0.15, 0.2) is 0 Å². The lowest BCUT2D eigenvalue weighted by atomic mass is 10.0. The third-order valence-electron chi connectivity index (χ3n) is 9.06. The predicted octanol–water partition coefficient (Wildman–Crippen LogP) is 10.4. The maximum Gasteiger partial charge on any atom is 0.324 e. The van der Waals surface area contributed by atoms with E-state index in [0.29, 0.717) is 32.3 Å². The van der Waals surface area contributed by atoms with Gasteiger partial charge in [0, 0.05) is 13.1 Å². The number of hydrogen-bond acceptors (Lipinski definition) is 8. The molecule has 8 nitrogen and oxygen atoms in total. The van der Waals surface area contributed by atoms with Crippen LogP contribution in [0.25, 0.3) is 0 Å². The highest BCUT2D eigenvalue weighted by atomic mass is 16.5. The Morgan fingerprint density at radius 2 is 0.681 bits per heavy atom. The smallest absolute Gasteiger partial charge is 0.324 e. The maximum atomic E-state index is 9.51. The van der Waals surface area contributed by atoms with Gasteiger partial charge in [0.1, 0.15) is 0 Å². The summed E-state index contributed by atoms with van der Waals surface area (Å²) in [5.41, 5.74) is 0. The molecule has 0 amide bonds. The highest BCUT2D eigenvalue weighted by Crippen LogP contribution is 2.19. The minimum atomic E-state index is -0.0594. The van der Waals surface area contributed by atoms with Crippen molar-refractivity contribution in [1.29, 1.82) is 0 Å². The Hall–Kier alpha value is -1.67. The number of unbranched alkanes of at least 4 members (excludes halogenated alkanes) is 26. The van der Waals surface area contributed by atoms with Crippen molar-refractivity contribution in [3.8, 4) is 12.0 Å². The van der Waals surface area contributed by atoms with Crippen LogP contribution in [0, 0.1) is 0 Å². The second-order valence-corrected chi connectivity index (χ2v) is 13.5. The second kappa shape index (κ2) is 34.2. The van der Waals surface area contributed by atoms with Gasteiger partial charge in [-0.15, -0.1) is 4.98 Å². The third-order valence-corrected chi connectivity index (χ3v) is 9.06. The monoisotopic (exact) mass is 665 g/mol. The zero-order chi connectivity index (χ0) is 33.9. The van der Waals surface area contributed by atoms with E-state index in [0.717, 1.165) is 25.7 Å². The summed E-state index contributed by atoms with van der Waals surface area (Å²) in [5, 5.41) is 19.0. The molecule has 0 unspecified atom stereocenters. The van der Waals surface area contributed by atoms with Crippen LogP contribution in [0.2, 0.25) is 0 Å². The molecule has 0 bridgehead atoms. The first-order valence-electron chi connectivity index (χ1n) is 20.2. The fourth-order valence-electron chi connectivity index (χ4n) is 6.07. The highest BCUT2D eigenvalue weighted by Gasteiger charge is 2.15. The molecule has 0 aliphatic rings. The molecule has 1 heterocycles. The first kappa shape index (κ1) is 43.4. The van der Waals surface area contributed by atoms with E-state index >= 15 is 0 Å². The van der Waals surface area contributed by atoms with E-state index in [1.165, 1.54) is 154 Å². The first-order chi connectivity index (χ1) is 23.2. The predicted molar refractivity (Wildman–Crippen MR) is 198 cm³/mol. The van der Waals surface area contributed by atoms with Gasteiger partial charge in [-0.05, 0) is 12.8 Å². The molecule has 0 aliphatic carbocycles. The SMILES string of the molecule is CCCCCCCCCCCCCCCCOc1nc(OCCCCCCCCCCCCCCCC)nc(N(CCO)CCO)n1. The van der Waals surface area contributed by atoms with Gasteiger partial charge in [0.15, 0.2) is 0 Å². The van der Waals surface area contributed by atoms with Crippen LogP contribution in [-0.2, 0) is 0 Å². The number of ether oxygens (including phenoxy) is 2. The normalized spacial score (nSPS) is 11.3. The van der Waals surface area contributed by atoms with Crippen molar-refractivity contribution in [3.63, 3.8) is 0 Å². The van der Waals surface area contributed by atoms with Crippen LogP contribution >= 0.6 is 0 Å². The van der Waals surface area contributed by atoms with Gasteiger partial charge < -0.3 is 24.6 Å². The van der Waals surface area contributed by atoms with Gasteiger partial charge >= 0.3 is 12.0 Å². The van der Waals surface area contributed by atoms with Gasteiger partial charge in [-0.2, -0.15) is 9.97 Å². The summed E-state index contributed by atoms with van der Waals surface area (Å²) in [6.07, 6.45) is 36.9. The van der Waals surface area contributed by atoms with Crippen molar-refractivity contribution in [2.24, 2.45) is 0 Å². The van der Waals surface area contributed by atoms with E-state index in [-0.39, 0.29) is 25.2 Å². The summed E-state index contributed by atoms with van der Waals surface area (Å²) in [5.74, 6) is 0.370. The van der Waals surface area contributed by atoms with Crippen LogP contribution < -0.4 is 14.4 Å². The van der Waals surface area contributed by atoms with E-state index in [4.69, 9.17) is 9.47 Å². The van der Waals surface area contributed by atoms with E-state index in [1.54, 1.807) is 4.90 Å². The van der Waals surface area contributed by atoms with Crippen molar-refractivity contribution in [2.45, 2.75) is 194 Å². The molecule has 0 fully saturated rings. The molecule has 276 valence electrons. The lowest BCUT2D eigenvalue weighted by Crippen LogP contribution is -2.31. The van der Waals surface area contributed by atoms with Gasteiger partial charge in [-0.1, -0.05) is 181 Å². The number of rotatable bonds is 37. The number of anilines is 1. The topological polar surface area (TPSA) is 101 Å². The number of hydrogen-bond donors (Lipinski definition) is 2. The van der Waals surface area contributed by atoms with Gasteiger partial charge in [-0.3, -0.25) is 0 Å². The Morgan fingerprint density at radius 3 is 0.957 bits per heavy atom. The molecule has 1 aromatic rings. The van der Waals surface area contributed by atoms with Crippen LogP contribution in [-0.4, -0.2) is 64.7 Å². The van der Waals surface area contributed by atoms with Crippen LogP contribution in [0.4, 0.5) is 5.95 Å². The molecule has 1 rings (SSSR count). The first-order valence-corrected chi connectivity index (χ1v) is 20.2. The lowest BCUT2D eigenvalue weighted by Gasteiger charge is -2.21. The van der Waals surface area contributed by atoms with Gasteiger partial charge in [0.05, 0.1) is 26.4 Å². The molecule has 2 N–H and O–H groups in total. The Balaban J connectivity index is 2.26. The van der Waals surface area contributed by atoms with Gasteiger partial charge in [0.2, 0.25) is 5.95 Å². The standard InChI is InChI=1S/C39H76N4O4/c1-3-5-7-9-11-13-15-17-19-21-23-25-27-29-35-46-38-40-37(43(31-33-44)32-34-45)41-39(42-38)47-36-30-28-26-24-22-20-18-16-14-12-10-8-6-4-2/h44-45H,3-36H2,1-2H3. The second-order valence-electron chi connectivity index (χ2n) is 13.5. The summed E-state index contributed by atoms with van der Waals surface area (Å²) in [7, 11) is 0. The Bertz CT molecular complexity index is 727. The summed E-state index contributed by atoms with van der Waals surface area (Å²) in [6.45, 7) is 6.19. The Kier molecular flexibility index (Phi) is 31.5. The molecule has 0 atom stereocenters. The number of aromatic nitrogens is 3. The van der Waals surface area contributed by atoms with Crippen molar-refractivity contribution in [1.82, 2.24) is 15.0 Å². The molecule has 1 aromatic heterocycles. The summed E-state index contributed by atoms with van der Waals surface area (Å²) < 4.78 is 11.9. The van der Waals surface area contributed by atoms with Crippen molar-refractivity contribution >= 4 is 5.95 Å². The van der Waals surface area contributed by atoms with Crippen LogP contribution in [0.5, 0.6) is 12.0 Å². The average molecular weight is 665 g/mol. The molecule has 0 spiro atoms. The lowest BCUT2D eigenvalue weighted by molar-refractivity contribution is 0.250. The Morgan fingerprint density at radius 1 is 0.404 bits per heavy atom. The largest absolute Gasteiger partial charge is 0.463 e. The summed E-state index contributed by atoms with van der Waals surface area (Å²) in [4.78, 5) is 15.1. The summed E-state index contributed by atoms with van der Waals surface area (Å²) in [6, 6.07) is 0.503. The molecular weight excluding hydrogens is 588 g/mol. The van der Waals surface area contributed by atoms with Crippen LogP contribution in [0.3, 0.4) is 0 Å². The minimum absolute atomic E-state index is 0.0594. The van der Waals surface area contributed by atoms with Gasteiger partial charge in [-0.25, -0.2) is 0 Å². The zero-order valence-corrected chi connectivity index (χ0v) is 31.0. The fraction of sp³-hybridized carbons (Fsp3) is 0.923. The van der Waals surface area contributed by atoms with E-state index in [1.807, 2.05) is 0 Å². The third kappa shape index (κ3) is 26.9. The summed E-state index contributed by atoms with van der Waals surface area (Å²) >= 11 is 0. The number of nitrogens with zero attached hydrogens (tertiary/aromatic N) is 4. The molecule has 0 saturated heterocycles. The average Bonchev–Trinajstić information content (AvgIpc) is 3.08. The maximum absolute atomic E-state index is 9.51. The van der Waals surface area contributed by atoms with Gasteiger partial charge in [0.25, 0.3) is 0 Å². The molecule has 0 aliphatic heterocycles. The molecule has 0 radical (unpaired) electrons.